The lowest BCUT2D eigenvalue weighted by Crippen LogP contribution is -2.22. The van der Waals surface area contributed by atoms with Gasteiger partial charge in [0, 0.05) is 33.7 Å². The molecule has 2 N–H and O–H groups in total. The Morgan fingerprint density at radius 1 is 1.22 bits per heavy atom. The highest BCUT2D eigenvalue weighted by molar-refractivity contribution is 7.19. The Labute approximate surface area is 221 Å². The average molecular weight is 526 g/mol. The number of aromatic hydroxyl groups is 1. The van der Waals surface area contributed by atoms with Crippen LogP contribution in [0.25, 0.3) is 10.1 Å². The van der Waals surface area contributed by atoms with Gasteiger partial charge in [-0.1, -0.05) is 45.4 Å². The Balaban J connectivity index is 1.66. The molecule has 2 aromatic heterocycles. The minimum Gasteiger partial charge on any atom is -0.507 e. The molecule has 198 valence electrons. The van der Waals surface area contributed by atoms with Gasteiger partial charge in [0.1, 0.15) is 17.1 Å². The van der Waals surface area contributed by atoms with E-state index in [1.54, 1.807) is 24.3 Å². The van der Waals surface area contributed by atoms with E-state index in [1.165, 1.54) is 29.6 Å². The van der Waals surface area contributed by atoms with Crippen LogP contribution in [0, 0.1) is 5.92 Å². The van der Waals surface area contributed by atoms with Gasteiger partial charge in [0.15, 0.2) is 5.78 Å². The monoisotopic (exact) mass is 525 g/mol. The van der Waals surface area contributed by atoms with Crippen LogP contribution in [-0.4, -0.2) is 24.1 Å². The first-order valence-corrected chi connectivity index (χ1v) is 13.5. The third-order valence-electron chi connectivity index (χ3n) is 6.36. The number of carbonyl (C=O) groups is 2. The standard InChI is InChI=1S/C29H35NO6S/c1-5-6-10-20-11-12-21-16-22(37-25(21)15-20)14-19(3)27(32)26-23(31)17-24(36-28(26)33)18(2)9-7-8-13-30-29(34)35-4/h8,11-13,15-19,31H,5-7,9-10,14H2,1-4H3,(H,30,34)/b13-8+. The van der Waals surface area contributed by atoms with E-state index < -0.39 is 23.4 Å². The van der Waals surface area contributed by atoms with Crippen LogP contribution >= 0.6 is 11.3 Å². The first kappa shape index (κ1) is 28.2. The number of allylic oxidation sites excluding steroid dienone is 1. The lowest BCUT2D eigenvalue weighted by molar-refractivity contribution is 0.0922. The molecule has 37 heavy (non-hydrogen) atoms. The Kier molecular flexibility index (Phi) is 10.1. The SMILES string of the molecule is CCCCc1ccc2cc(CC(C)C(=O)c3c(O)cc(C(C)CC/C=C/NC(=O)OC)oc3=O)sc2c1. The molecule has 2 heterocycles. The van der Waals surface area contributed by atoms with E-state index in [0.717, 1.165) is 29.5 Å². The van der Waals surface area contributed by atoms with Gasteiger partial charge < -0.3 is 14.3 Å². The summed E-state index contributed by atoms with van der Waals surface area (Å²) in [6.07, 6.45) is 7.74. The predicted molar refractivity (Wildman–Crippen MR) is 147 cm³/mol. The molecular formula is C29H35NO6S. The van der Waals surface area contributed by atoms with Crippen LogP contribution in [0.15, 0.2) is 51.8 Å². The van der Waals surface area contributed by atoms with Gasteiger partial charge in [-0.2, -0.15) is 0 Å². The van der Waals surface area contributed by atoms with Crippen LogP contribution < -0.4 is 10.9 Å². The van der Waals surface area contributed by atoms with E-state index in [-0.39, 0.29) is 17.2 Å². The van der Waals surface area contributed by atoms with Gasteiger partial charge in [0.2, 0.25) is 0 Å². The zero-order valence-corrected chi connectivity index (χ0v) is 22.7. The average Bonchev–Trinajstić information content (AvgIpc) is 3.27. The van der Waals surface area contributed by atoms with Gasteiger partial charge in [0.25, 0.3) is 0 Å². The van der Waals surface area contributed by atoms with E-state index in [2.05, 4.69) is 41.2 Å². The number of rotatable bonds is 12. The summed E-state index contributed by atoms with van der Waals surface area (Å²) in [5.74, 6) is -1.14. The Hall–Kier alpha value is -3.39. The number of thiophene rings is 1. The molecule has 0 spiro atoms. The molecule has 1 aromatic carbocycles. The summed E-state index contributed by atoms with van der Waals surface area (Å²) >= 11 is 1.66. The number of hydrogen-bond acceptors (Lipinski definition) is 7. The molecule has 3 aromatic rings. The molecule has 0 aliphatic rings. The van der Waals surface area contributed by atoms with Gasteiger partial charge in [0.05, 0.1) is 7.11 Å². The van der Waals surface area contributed by atoms with Gasteiger partial charge in [-0.3, -0.25) is 10.1 Å². The van der Waals surface area contributed by atoms with Crippen molar-refractivity contribution in [3.63, 3.8) is 0 Å². The molecule has 7 nitrogen and oxygen atoms in total. The Morgan fingerprint density at radius 3 is 2.70 bits per heavy atom. The summed E-state index contributed by atoms with van der Waals surface area (Å²) in [5.41, 5.74) is 0.199. The lowest BCUT2D eigenvalue weighted by Gasteiger charge is -2.13. The number of ether oxygens (including phenoxy) is 1. The third-order valence-corrected chi connectivity index (χ3v) is 7.48. The minimum atomic E-state index is -0.821. The second-order valence-corrected chi connectivity index (χ2v) is 10.5. The summed E-state index contributed by atoms with van der Waals surface area (Å²) in [5, 5.41) is 14.2. The molecule has 3 rings (SSSR count). The molecule has 0 saturated heterocycles. The Morgan fingerprint density at radius 2 is 2.00 bits per heavy atom. The van der Waals surface area contributed by atoms with Crippen molar-refractivity contribution in [2.24, 2.45) is 5.92 Å². The van der Waals surface area contributed by atoms with Crippen molar-refractivity contribution in [1.29, 1.82) is 0 Å². The smallest absolute Gasteiger partial charge is 0.410 e. The molecule has 0 aliphatic carbocycles. The highest BCUT2D eigenvalue weighted by Crippen LogP contribution is 2.31. The van der Waals surface area contributed by atoms with Crippen molar-refractivity contribution in [1.82, 2.24) is 5.32 Å². The number of carbonyl (C=O) groups excluding carboxylic acids is 2. The first-order chi connectivity index (χ1) is 17.7. The summed E-state index contributed by atoms with van der Waals surface area (Å²) in [4.78, 5) is 37.9. The number of amides is 1. The molecule has 0 radical (unpaired) electrons. The van der Waals surface area contributed by atoms with E-state index >= 15 is 0 Å². The lowest BCUT2D eigenvalue weighted by atomic mass is 9.95. The Bertz CT molecular complexity index is 1320. The van der Waals surface area contributed by atoms with Crippen molar-refractivity contribution < 1.29 is 23.8 Å². The van der Waals surface area contributed by atoms with Crippen LogP contribution in [-0.2, 0) is 17.6 Å². The highest BCUT2D eigenvalue weighted by Gasteiger charge is 2.25. The number of fused-ring (bicyclic) bond motifs is 1. The number of ketones is 1. The van der Waals surface area contributed by atoms with Crippen LogP contribution in [0.4, 0.5) is 4.79 Å². The summed E-state index contributed by atoms with van der Waals surface area (Å²) in [6, 6.07) is 9.95. The van der Waals surface area contributed by atoms with Gasteiger partial charge in [-0.25, -0.2) is 9.59 Å². The minimum absolute atomic E-state index is 0.177. The van der Waals surface area contributed by atoms with Crippen molar-refractivity contribution in [3.8, 4) is 5.75 Å². The fraction of sp³-hybridized carbons (Fsp3) is 0.414. The van der Waals surface area contributed by atoms with Gasteiger partial charge in [-0.05, 0) is 55.2 Å². The molecule has 1 amide bonds. The number of alkyl carbamates (subject to hydrolysis) is 1. The first-order valence-electron chi connectivity index (χ1n) is 12.7. The van der Waals surface area contributed by atoms with Crippen molar-refractivity contribution in [2.45, 2.75) is 65.2 Å². The van der Waals surface area contributed by atoms with E-state index in [9.17, 15) is 19.5 Å². The predicted octanol–water partition coefficient (Wildman–Crippen LogP) is 6.72. The molecule has 2 unspecified atom stereocenters. The zero-order chi connectivity index (χ0) is 26.9. The van der Waals surface area contributed by atoms with Crippen LogP contribution in [0.3, 0.4) is 0 Å². The van der Waals surface area contributed by atoms with Crippen LogP contribution in [0.1, 0.15) is 78.9 Å². The normalized spacial score (nSPS) is 13.1. The highest BCUT2D eigenvalue weighted by atomic mass is 32.1. The molecular weight excluding hydrogens is 490 g/mol. The summed E-state index contributed by atoms with van der Waals surface area (Å²) in [7, 11) is 1.28. The maximum Gasteiger partial charge on any atom is 0.410 e. The molecule has 8 heteroatoms. The topological polar surface area (TPSA) is 106 Å². The second kappa shape index (κ2) is 13.2. The van der Waals surface area contributed by atoms with Crippen molar-refractivity contribution in [3.05, 3.63) is 74.8 Å². The number of methoxy groups -OCH3 is 1. The van der Waals surface area contributed by atoms with Gasteiger partial charge >= 0.3 is 11.7 Å². The molecule has 0 saturated carbocycles. The summed E-state index contributed by atoms with van der Waals surface area (Å²) in [6.45, 7) is 5.81. The van der Waals surface area contributed by atoms with Crippen LogP contribution in [0.5, 0.6) is 5.75 Å². The number of aryl methyl sites for hydroxylation is 1. The quantitative estimate of drug-likeness (QED) is 0.254. The van der Waals surface area contributed by atoms with E-state index in [4.69, 9.17) is 4.42 Å². The molecule has 0 bridgehead atoms. The van der Waals surface area contributed by atoms with E-state index in [0.29, 0.717) is 25.0 Å². The number of Topliss-reactive ketones (excluding diaryl/α,β-unsaturated/α-hetero) is 1. The number of benzene rings is 1. The number of hydrogen-bond donors (Lipinski definition) is 2. The van der Waals surface area contributed by atoms with E-state index in [1.807, 2.05) is 6.92 Å². The maximum absolute atomic E-state index is 13.1. The number of unbranched alkanes of at least 4 members (excludes halogenated alkanes) is 1. The maximum atomic E-state index is 13.1. The second-order valence-electron chi connectivity index (χ2n) is 9.37. The molecule has 0 fully saturated rings. The zero-order valence-electron chi connectivity index (χ0n) is 21.8. The third kappa shape index (κ3) is 7.55. The fourth-order valence-corrected chi connectivity index (χ4v) is 5.39. The van der Waals surface area contributed by atoms with Gasteiger partial charge in [-0.15, -0.1) is 11.3 Å². The van der Waals surface area contributed by atoms with Crippen molar-refractivity contribution >= 4 is 33.3 Å². The molecule has 2 atom stereocenters. The largest absolute Gasteiger partial charge is 0.507 e. The molecule has 0 aliphatic heterocycles. The fourth-order valence-electron chi connectivity index (χ4n) is 4.13. The summed E-state index contributed by atoms with van der Waals surface area (Å²) < 4.78 is 11.1. The number of nitrogens with one attached hydrogen (secondary N) is 1. The van der Waals surface area contributed by atoms with Crippen LogP contribution in [0.2, 0.25) is 0 Å². The van der Waals surface area contributed by atoms with Crippen molar-refractivity contribution in [2.75, 3.05) is 7.11 Å².